The van der Waals surface area contributed by atoms with E-state index in [2.05, 4.69) is 20.5 Å². The molecule has 0 fully saturated rings. The SMILES string of the molecule is CCc1noc(Cn2cc(C(C)Cl)nn2)n1. The van der Waals surface area contributed by atoms with E-state index in [1.54, 1.807) is 10.9 Å². The van der Waals surface area contributed by atoms with Gasteiger partial charge in [0.05, 0.1) is 11.6 Å². The summed E-state index contributed by atoms with van der Waals surface area (Å²) in [6.07, 6.45) is 2.53. The second kappa shape index (κ2) is 4.61. The Bertz CT molecular complexity index is 464. The van der Waals surface area contributed by atoms with Crippen LogP contribution in [0.4, 0.5) is 0 Å². The van der Waals surface area contributed by atoms with Gasteiger partial charge in [0.25, 0.3) is 0 Å². The van der Waals surface area contributed by atoms with Crippen molar-refractivity contribution in [2.45, 2.75) is 32.2 Å². The van der Waals surface area contributed by atoms with E-state index >= 15 is 0 Å². The van der Waals surface area contributed by atoms with Crippen molar-refractivity contribution in [1.82, 2.24) is 25.1 Å². The number of hydrogen-bond donors (Lipinski definition) is 0. The molecule has 2 aromatic rings. The molecule has 0 bridgehead atoms. The van der Waals surface area contributed by atoms with Gasteiger partial charge < -0.3 is 4.52 Å². The molecule has 0 aliphatic heterocycles. The van der Waals surface area contributed by atoms with Crippen molar-refractivity contribution < 1.29 is 4.52 Å². The number of aryl methyl sites for hydroxylation is 1. The lowest BCUT2D eigenvalue weighted by Crippen LogP contribution is -2.00. The molecule has 16 heavy (non-hydrogen) atoms. The van der Waals surface area contributed by atoms with Gasteiger partial charge in [-0.05, 0) is 6.92 Å². The van der Waals surface area contributed by atoms with Crippen molar-refractivity contribution >= 4 is 11.6 Å². The predicted octanol–water partition coefficient (Wildman–Crippen LogP) is 1.57. The Balaban J connectivity index is 2.08. The number of hydrogen-bond acceptors (Lipinski definition) is 5. The van der Waals surface area contributed by atoms with Crippen molar-refractivity contribution in [2.75, 3.05) is 0 Å². The van der Waals surface area contributed by atoms with E-state index in [4.69, 9.17) is 16.1 Å². The number of halogens is 1. The van der Waals surface area contributed by atoms with Gasteiger partial charge in [-0.1, -0.05) is 17.3 Å². The number of rotatable bonds is 4. The summed E-state index contributed by atoms with van der Waals surface area (Å²) in [5.74, 6) is 1.22. The molecule has 0 aliphatic carbocycles. The van der Waals surface area contributed by atoms with Crippen LogP contribution in [0.15, 0.2) is 10.7 Å². The maximum atomic E-state index is 5.88. The summed E-state index contributed by atoms with van der Waals surface area (Å²) >= 11 is 5.88. The Morgan fingerprint density at radius 2 is 2.38 bits per heavy atom. The molecule has 0 spiro atoms. The maximum absolute atomic E-state index is 5.88. The molecule has 0 saturated heterocycles. The lowest BCUT2D eigenvalue weighted by molar-refractivity contribution is 0.360. The largest absolute Gasteiger partial charge is 0.337 e. The number of nitrogens with zero attached hydrogens (tertiary/aromatic N) is 5. The summed E-state index contributed by atoms with van der Waals surface area (Å²) in [5.41, 5.74) is 0.733. The molecule has 2 heterocycles. The zero-order valence-corrected chi connectivity index (χ0v) is 9.85. The zero-order valence-electron chi connectivity index (χ0n) is 9.09. The van der Waals surface area contributed by atoms with Crippen molar-refractivity contribution in [1.29, 1.82) is 0 Å². The van der Waals surface area contributed by atoms with Crippen LogP contribution in [0.1, 0.15) is 36.6 Å². The highest BCUT2D eigenvalue weighted by molar-refractivity contribution is 6.20. The zero-order chi connectivity index (χ0) is 11.5. The lowest BCUT2D eigenvalue weighted by Gasteiger charge is -1.93. The Labute approximate surface area is 97.6 Å². The third kappa shape index (κ3) is 2.38. The third-order valence-electron chi connectivity index (χ3n) is 2.09. The lowest BCUT2D eigenvalue weighted by atomic mass is 10.4. The van der Waals surface area contributed by atoms with Crippen LogP contribution in [0.2, 0.25) is 0 Å². The highest BCUT2D eigenvalue weighted by Crippen LogP contribution is 2.15. The average Bonchev–Trinajstić information content (AvgIpc) is 2.87. The van der Waals surface area contributed by atoms with Gasteiger partial charge in [-0.25, -0.2) is 4.68 Å². The highest BCUT2D eigenvalue weighted by Gasteiger charge is 2.09. The van der Waals surface area contributed by atoms with Gasteiger partial charge in [0.1, 0.15) is 12.2 Å². The fourth-order valence-corrected chi connectivity index (χ4v) is 1.31. The Morgan fingerprint density at radius 3 is 2.94 bits per heavy atom. The van der Waals surface area contributed by atoms with E-state index in [-0.39, 0.29) is 5.38 Å². The van der Waals surface area contributed by atoms with Gasteiger partial charge in [0.2, 0.25) is 5.89 Å². The van der Waals surface area contributed by atoms with Crippen LogP contribution in [0.25, 0.3) is 0 Å². The summed E-state index contributed by atoms with van der Waals surface area (Å²) in [7, 11) is 0. The van der Waals surface area contributed by atoms with Crippen LogP contribution in [0.5, 0.6) is 0 Å². The molecule has 1 unspecified atom stereocenters. The molecule has 0 aromatic carbocycles. The van der Waals surface area contributed by atoms with Crippen molar-refractivity contribution in [3.63, 3.8) is 0 Å². The molecule has 0 N–H and O–H groups in total. The van der Waals surface area contributed by atoms with Crippen LogP contribution in [0, 0.1) is 0 Å². The molecule has 1 atom stereocenters. The van der Waals surface area contributed by atoms with E-state index < -0.39 is 0 Å². The van der Waals surface area contributed by atoms with Gasteiger partial charge in [0, 0.05) is 6.42 Å². The topological polar surface area (TPSA) is 69.6 Å². The minimum Gasteiger partial charge on any atom is -0.337 e. The Hall–Kier alpha value is -1.43. The molecular formula is C9H12ClN5O. The van der Waals surface area contributed by atoms with E-state index in [0.717, 1.165) is 12.1 Å². The molecule has 0 saturated carbocycles. The Morgan fingerprint density at radius 1 is 1.56 bits per heavy atom. The Kier molecular flexibility index (Phi) is 3.19. The molecule has 7 heteroatoms. The first-order valence-corrected chi connectivity index (χ1v) is 5.48. The molecule has 0 aliphatic rings. The normalized spacial score (nSPS) is 12.9. The molecule has 2 rings (SSSR count). The van der Waals surface area contributed by atoms with E-state index in [1.165, 1.54) is 0 Å². The van der Waals surface area contributed by atoms with Gasteiger partial charge in [-0.15, -0.1) is 16.7 Å². The fraction of sp³-hybridized carbons (Fsp3) is 0.556. The summed E-state index contributed by atoms with van der Waals surface area (Å²) in [4.78, 5) is 4.18. The minimum absolute atomic E-state index is 0.150. The van der Waals surface area contributed by atoms with Crippen LogP contribution < -0.4 is 0 Å². The molecule has 0 radical (unpaired) electrons. The van der Waals surface area contributed by atoms with Crippen LogP contribution >= 0.6 is 11.6 Å². The maximum Gasteiger partial charge on any atom is 0.248 e. The summed E-state index contributed by atoms with van der Waals surface area (Å²) in [6.45, 7) is 4.23. The summed E-state index contributed by atoms with van der Waals surface area (Å²) in [6, 6.07) is 0. The highest BCUT2D eigenvalue weighted by atomic mass is 35.5. The van der Waals surface area contributed by atoms with Gasteiger partial charge in [0.15, 0.2) is 5.82 Å². The standard InChI is InChI=1S/C9H12ClN5O/c1-3-8-11-9(16-13-8)5-15-4-7(6(2)10)12-14-15/h4,6H,3,5H2,1-2H3. The smallest absolute Gasteiger partial charge is 0.248 e. The van der Waals surface area contributed by atoms with Gasteiger partial charge in [-0.2, -0.15) is 4.98 Å². The van der Waals surface area contributed by atoms with Gasteiger partial charge in [-0.3, -0.25) is 0 Å². The third-order valence-corrected chi connectivity index (χ3v) is 2.31. The van der Waals surface area contributed by atoms with Crippen LogP contribution in [-0.2, 0) is 13.0 Å². The molecule has 86 valence electrons. The van der Waals surface area contributed by atoms with E-state index in [0.29, 0.717) is 18.3 Å². The first-order valence-electron chi connectivity index (χ1n) is 5.04. The number of alkyl halides is 1. The molecular weight excluding hydrogens is 230 g/mol. The fourth-order valence-electron chi connectivity index (χ4n) is 1.21. The van der Waals surface area contributed by atoms with Crippen LogP contribution in [0.3, 0.4) is 0 Å². The second-order valence-corrected chi connectivity index (χ2v) is 4.07. The number of aromatic nitrogens is 5. The molecule has 6 nitrogen and oxygen atoms in total. The van der Waals surface area contributed by atoms with Crippen molar-refractivity contribution in [3.8, 4) is 0 Å². The molecule has 0 amide bonds. The van der Waals surface area contributed by atoms with Crippen molar-refractivity contribution in [3.05, 3.63) is 23.6 Å². The minimum atomic E-state index is -0.150. The summed E-state index contributed by atoms with van der Waals surface area (Å²) in [5, 5.41) is 11.5. The van der Waals surface area contributed by atoms with Crippen LogP contribution in [-0.4, -0.2) is 25.1 Å². The van der Waals surface area contributed by atoms with Crippen molar-refractivity contribution in [2.24, 2.45) is 0 Å². The average molecular weight is 242 g/mol. The first-order chi connectivity index (χ1) is 7.69. The molecule has 2 aromatic heterocycles. The van der Waals surface area contributed by atoms with E-state index in [1.807, 2.05) is 13.8 Å². The van der Waals surface area contributed by atoms with E-state index in [9.17, 15) is 0 Å². The monoisotopic (exact) mass is 241 g/mol. The quantitative estimate of drug-likeness (QED) is 0.760. The first kappa shape index (κ1) is 11.1. The predicted molar refractivity (Wildman–Crippen MR) is 57.1 cm³/mol. The second-order valence-electron chi connectivity index (χ2n) is 3.41. The summed E-state index contributed by atoms with van der Waals surface area (Å²) < 4.78 is 6.67. The van der Waals surface area contributed by atoms with Gasteiger partial charge >= 0.3 is 0 Å².